The van der Waals surface area contributed by atoms with Gasteiger partial charge in [-0.05, 0) is 87.1 Å². The van der Waals surface area contributed by atoms with Gasteiger partial charge in [0.05, 0.1) is 18.8 Å². The summed E-state index contributed by atoms with van der Waals surface area (Å²) in [6.45, 7) is 10.3. The number of rotatable bonds is 4. The van der Waals surface area contributed by atoms with E-state index in [1.54, 1.807) is 0 Å². The molecule has 1 aliphatic rings. The van der Waals surface area contributed by atoms with Crippen molar-refractivity contribution in [3.63, 3.8) is 0 Å². The maximum Gasteiger partial charge on any atom is 0.0542 e. The van der Waals surface area contributed by atoms with Crippen LogP contribution in [0.5, 0.6) is 0 Å². The summed E-state index contributed by atoms with van der Waals surface area (Å²) in [5.41, 5.74) is 5.12. The number of aryl methyl sites for hydroxylation is 2. The molecular formula is C45H44OS4. The summed E-state index contributed by atoms with van der Waals surface area (Å²) in [7, 11) is 0. The molecule has 1 saturated heterocycles. The molecule has 8 aromatic rings. The van der Waals surface area contributed by atoms with E-state index in [2.05, 4.69) is 110 Å². The molecule has 0 unspecified atom stereocenters. The highest BCUT2D eigenvalue weighted by atomic mass is 32.1. The van der Waals surface area contributed by atoms with Gasteiger partial charge >= 0.3 is 0 Å². The minimum atomic E-state index is 0. The van der Waals surface area contributed by atoms with Crippen LogP contribution >= 0.6 is 45.3 Å². The van der Waals surface area contributed by atoms with Crippen LogP contribution < -0.4 is 0 Å². The Morgan fingerprint density at radius 1 is 0.520 bits per heavy atom. The van der Waals surface area contributed by atoms with Crippen molar-refractivity contribution in [2.45, 2.75) is 73.6 Å². The summed E-state index contributed by atoms with van der Waals surface area (Å²) < 4.78 is 16.2. The Kier molecular flexibility index (Phi) is 12.0. The van der Waals surface area contributed by atoms with Crippen LogP contribution in [0.25, 0.3) is 59.1 Å². The molecule has 0 saturated carbocycles. The smallest absolute Gasteiger partial charge is 0.0542 e. The van der Waals surface area contributed by atoms with E-state index in [0.29, 0.717) is 0 Å². The number of hydrogen-bond donors (Lipinski definition) is 0. The van der Waals surface area contributed by atoms with Gasteiger partial charge in [0.25, 0.3) is 0 Å². The zero-order valence-corrected chi connectivity index (χ0v) is 31.9. The summed E-state index contributed by atoms with van der Waals surface area (Å²) in [6, 6.07) is 27.1. The SMILES string of the molecule is C.C1CCOC1.CC#Cc1ccc2c(c1)sc1c3ccc(C#CC)cc3sc21.CCCc1ccc2c(c1)sc1c3ccc(CCC)cc3sc21. The first-order chi connectivity index (χ1) is 24.1. The largest absolute Gasteiger partial charge is 0.381 e. The molecule has 0 amide bonds. The lowest BCUT2D eigenvalue weighted by atomic mass is 10.1. The van der Waals surface area contributed by atoms with Gasteiger partial charge in [0.15, 0.2) is 0 Å². The highest BCUT2D eigenvalue weighted by molar-refractivity contribution is 7.37. The third kappa shape index (κ3) is 7.50. The van der Waals surface area contributed by atoms with Crippen molar-refractivity contribution in [3.05, 3.63) is 95.1 Å². The maximum atomic E-state index is 4.94. The van der Waals surface area contributed by atoms with E-state index in [1.165, 1.54) is 109 Å². The topological polar surface area (TPSA) is 9.23 Å². The van der Waals surface area contributed by atoms with Gasteiger partial charge in [-0.15, -0.1) is 57.2 Å². The Hall–Kier alpha value is -3.68. The highest BCUT2D eigenvalue weighted by Crippen LogP contribution is 2.46. The van der Waals surface area contributed by atoms with E-state index >= 15 is 0 Å². The lowest BCUT2D eigenvalue weighted by Gasteiger charge is -1.99. The van der Waals surface area contributed by atoms with Gasteiger partial charge in [0.2, 0.25) is 0 Å². The van der Waals surface area contributed by atoms with Crippen molar-refractivity contribution in [2.75, 3.05) is 13.2 Å². The normalized spacial score (nSPS) is 12.2. The Bertz CT molecular complexity index is 2360. The molecule has 254 valence electrons. The van der Waals surface area contributed by atoms with Crippen LogP contribution in [0.4, 0.5) is 0 Å². The zero-order chi connectivity index (χ0) is 33.7. The molecule has 1 fully saturated rings. The van der Waals surface area contributed by atoms with E-state index in [0.717, 1.165) is 24.3 Å². The molecule has 0 radical (unpaired) electrons. The molecule has 0 spiro atoms. The molecular weight excluding hydrogens is 685 g/mol. The predicted molar refractivity (Wildman–Crippen MR) is 229 cm³/mol. The summed E-state index contributed by atoms with van der Waals surface area (Å²) >= 11 is 7.66. The summed E-state index contributed by atoms with van der Waals surface area (Å²) in [5, 5.41) is 5.56. The number of ether oxygens (including phenoxy) is 1. The van der Waals surface area contributed by atoms with Crippen LogP contribution in [0.3, 0.4) is 0 Å². The molecule has 0 aliphatic carbocycles. The first kappa shape index (κ1) is 36.1. The quantitative estimate of drug-likeness (QED) is 0.164. The molecule has 0 bridgehead atoms. The fourth-order valence-corrected chi connectivity index (χ4v) is 12.0. The maximum absolute atomic E-state index is 4.94. The van der Waals surface area contributed by atoms with Crippen molar-refractivity contribution in [1.29, 1.82) is 0 Å². The Morgan fingerprint density at radius 3 is 1.20 bits per heavy atom. The minimum Gasteiger partial charge on any atom is -0.381 e. The van der Waals surface area contributed by atoms with Crippen LogP contribution in [0.1, 0.15) is 83.1 Å². The average molecular weight is 729 g/mol. The second-order valence-corrected chi connectivity index (χ2v) is 16.6. The second-order valence-electron chi connectivity index (χ2n) is 12.4. The lowest BCUT2D eigenvalue weighted by Crippen LogP contribution is -1.80. The standard InChI is InChI=1S/C20H20S2.C20H12S2.C4H8O.CH4/c2*1-3-5-13-7-9-15-17(11-13)21-20-16-10-8-14(6-4-2)12-18(16)22-19(15)20;1-2-4-5-3-1;/h7-12H,3-6H2,1-2H3;7-12H,1-2H3;1-4H2;1H4. The molecule has 5 heteroatoms. The van der Waals surface area contributed by atoms with Crippen LogP contribution in [0.15, 0.2) is 72.8 Å². The third-order valence-electron chi connectivity index (χ3n) is 8.74. The third-order valence-corrected chi connectivity index (χ3v) is 13.7. The van der Waals surface area contributed by atoms with Crippen LogP contribution in [-0.2, 0) is 17.6 Å². The van der Waals surface area contributed by atoms with E-state index in [9.17, 15) is 0 Å². The van der Waals surface area contributed by atoms with E-state index in [1.807, 2.05) is 59.2 Å². The van der Waals surface area contributed by atoms with Gasteiger partial charge in [-0.2, -0.15) is 0 Å². The van der Waals surface area contributed by atoms with Crippen molar-refractivity contribution in [3.8, 4) is 23.7 Å². The lowest BCUT2D eigenvalue weighted by molar-refractivity contribution is 0.198. The molecule has 1 aliphatic heterocycles. The molecule has 9 rings (SSSR count). The number of thiophene rings is 4. The van der Waals surface area contributed by atoms with Crippen LogP contribution in [0.2, 0.25) is 0 Å². The Labute approximate surface area is 312 Å². The average Bonchev–Trinajstić information content (AvgIpc) is 3.94. The van der Waals surface area contributed by atoms with Crippen LogP contribution in [0, 0.1) is 23.7 Å². The second kappa shape index (κ2) is 16.6. The molecule has 5 heterocycles. The molecule has 0 N–H and O–H groups in total. The van der Waals surface area contributed by atoms with Gasteiger partial charge in [-0.1, -0.05) is 82.4 Å². The molecule has 0 atom stereocenters. The highest BCUT2D eigenvalue weighted by Gasteiger charge is 2.14. The van der Waals surface area contributed by atoms with Gasteiger partial charge in [-0.3, -0.25) is 0 Å². The zero-order valence-electron chi connectivity index (χ0n) is 28.6. The Morgan fingerprint density at radius 2 is 0.880 bits per heavy atom. The van der Waals surface area contributed by atoms with Gasteiger partial charge in [-0.25, -0.2) is 0 Å². The van der Waals surface area contributed by atoms with Gasteiger partial charge in [0, 0.05) is 64.7 Å². The molecule has 4 aromatic heterocycles. The Balaban J connectivity index is 0.000000149. The summed E-state index contributed by atoms with van der Waals surface area (Å²) in [5.74, 6) is 12.2. The van der Waals surface area contributed by atoms with Crippen molar-refractivity contribution >= 4 is 104 Å². The van der Waals surface area contributed by atoms with Gasteiger partial charge < -0.3 is 4.74 Å². The molecule has 1 nitrogen and oxygen atoms in total. The number of fused-ring (bicyclic) bond motifs is 10. The van der Waals surface area contributed by atoms with E-state index < -0.39 is 0 Å². The summed E-state index contributed by atoms with van der Waals surface area (Å²) in [6.07, 6.45) is 7.36. The van der Waals surface area contributed by atoms with Gasteiger partial charge in [0.1, 0.15) is 0 Å². The van der Waals surface area contributed by atoms with Crippen molar-refractivity contribution in [2.24, 2.45) is 0 Å². The number of hydrogen-bond acceptors (Lipinski definition) is 5. The number of benzene rings is 4. The van der Waals surface area contributed by atoms with Crippen molar-refractivity contribution < 1.29 is 4.74 Å². The minimum absolute atomic E-state index is 0. The fraction of sp³-hybridized carbons (Fsp3) is 0.289. The fourth-order valence-electron chi connectivity index (χ4n) is 6.44. The van der Waals surface area contributed by atoms with Crippen LogP contribution in [-0.4, -0.2) is 13.2 Å². The van der Waals surface area contributed by atoms with E-state index in [-0.39, 0.29) is 7.43 Å². The summed E-state index contributed by atoms with van der Waals surface area (Å²) in [4.78, 5) is 0. The first-order valence-corrected chi connectivity index (χ1v) is 20.5. The molecule has 50 heavy (non-hydrogen) atoms. The molecule has 4 aromatic carbocycles. The predicted octanol–water partition coefficient (Wildman–Crippen LogP) is 14.6. The first-order valence-electron chi connectivity index (χ1n) is 17.3. The monoisotopic (exact) mass is 728 g/mol. The van der Waals surface area contributed by atoms with E-state index in [4.69, 9.17) is 4.74 Å². The van der Waals surface area contributed by atoms with Crippen molar-refractivity contribution in [1.82, 2.24) is 0 Å².